The van der Waals surface area contributed by atoms with E-state index in [-0.39, 0.29) is 18.3 Å². The number of carbonyl (C=O) groups excluding carboxylic acids is 1. The SMILES string of the molecule is O=C1N(Cc2nc[nH]c(=O)c2O)CCN1c1ccc(C#Cc2ccc(CN3CCOCC3)cc2)cc1. The summed E-state index contributed by atoms with van der Waals surface area (Å²) in [6.45, 7) is 5.49. The fourth-order valence-corrected chi connectivity index (χ4v) is 4.27. The molecule has 0 spiro atoms. The highest BCUT2D eigenvalue weighted by Gasteiger charge is 2.30. The summed E-state index contributed by atoms with van der Waals surface area (Å²) in [4.78, 5) is 36.3. The first kappa shape index (κ1) is 23.6. The van der Waals surface area contributed by atoms with Crippen LogP contribution in [0.4, 0.5) is 10.5 Å². The second kappa shape index (κ2) is 10.6. The van der Waals surface area contributed by atoms with Crippen molar-refractivity contribution in [3.05, 3.63) is 87.6 Å². The number of hydrogen-bond donors (Lipinski definition) is 2. The number of carbonyl (C=O) groups is 1. The molecule has 2 aliphatic rings. The molecule has 9 heteroatoms. The molecular weight excluding hydrogens is 458 g/mol. The Kier molecular flexibility index (Phi) is 6.98. The fraction of sp³-hybridized carbons (Fsp3) is 0.296. The van der Waals surface area contributed by atoms with Crippen molar-refractivity contribution in [2.45, 2.75) is 13.1 Å². The van der Waals surface area contributed by atoms with Gasteiger partial charge in [-0.05, 0) is 42.0 Å². The smallest absolute Gasteiger partial charge is 0.324 e. The third kappa shape index (κ3) is 5.40. The maximum atomic E-state index is 12.9. The highest BCUT2D eigenvalue weighted by Crippen LogP contribution is 2.23. The molecule has 9 nitrogen and oxygen atoms in total. The standard InChI is InChI=1S/C27H27N5O4/c33-25-24(28-19-29-26(25)34)18-31-11-12-32(27(31)35)23-9-7-21(8-10-23)2-1-20-3-5-22(6-4-20)17-30-13-15-36-16-14-30/h3-10,19,33H,11-18H2,(H,28,29,34). The van der Waals surface area contributed by atoms with Gasteiger partial charge in [-0.15, -0.1) is 0 Å². The van der Waals surface area contributed by atoms with Crippen molar-refractivity contribution in [1.82, 2.24) is 19.8 Å². The van der Waals surface area contributed by atoms with Gasteiger partial charge in [-0.3, -0.25) is 14.6 Å². The van der Waals surface area contributed by atoms with Crippen molar-refractivity contribution in [3.8, 4) is 17.6 Å². The first-order chi connectivity index (χ1) is 17.6. The minimum atomic E-state index is -0.621. The summed E-state index contributed by atoms with van der Waals surface area (Å²) in [7, 11) is 0. The van der Waals surface area contributed by atoms with E-state index in [2.05, 4.69) is 38.8 Å². The number of rotatable bonds is 5. The van der Waals surface area contributed by atoms with Gasteiger partial charge in [0.15, 0.2) is 0 Å². The van der Waals surface area contributed by atoms with Crippen molar-refractivity contribution in [1.29, 1.82) is 0 Å². The largest absolute Gasteiger partial charge is 0.502 e. The molecule has 0 bridgehead atoms. The number of nitrogens with one attached hydrogen (secondary N) is 1. The Balaban J connectivity index is 1.19. The lowest BCUT2D eigenvalue weighted by Gasteiger charge is -2.26. The Bertz CT molecular complexity index is 1340. The zero-order chi connectivity index (χ0) is 24.9. The van der Waals surface area contributed by atoms with Crippen LogP contribution in [0.25, 0.3) is 0 Å². The number of benzene rings is 2. The van der Waals surface area contributed by atoms with Gasteiger partial charge >= 0.3 is 6.03 Å². The molecule has 2 fully saturated rings. The second-order valence-corrected chi connectivity index (χ2v) is 8.77. The second-order valence-electron chi connectivity index (χ2n) is 8.77. The number of hydrogen-bond acceptors (Lipinski definition) is 6. The topological polar surface area (TPSA) is 102 Å². The number of urea groups is 1. The highest BCUT2D eigenvalue weighted by atomic mass is 16.5. The highest BCUT2D eigenvalue weighted by molar-refractivity contribution is 5.94. The average molecular weight is 486 g/mol. The van der Waals surface area contributed by atoms with Crippen molar-refractivity contribution < 1.29 is 14.6 Å². The third-order valence-corrected chi connectivity index (χ3v) is 6.33. The van der Waals surface area contributed by atoms with Crippen LogP contribution in [-0.4, -0.2) is 70.3 Å². The van der Waals surface area contributed by atoms with E-state index in [1.165, 1.54) is 11.9 Å². The molecule has 3 heterocycles. The predicted octanol–water partition coefficient (Wildman–Crippen LogP) is 2.15. The Morgan fingerprint density at radius 2 is 1.56 bits per heavy atom. The Hall–Kier alpha value is -4.13. The summed E-state index contributed by atoms with van der Waals surface area (Å²) in [5.74, 6) is 5.93. The maximum Gasteiger partial charge on any atom is 0.324 e. The monoisotopic (exact) mass is 485 g/mol. The van der Waals surface area contributed by atoms with Gasteiger partial charge in [-0.1, -0.05) is 24.0 Å². The van der Waals surface area contributed by atoms with Crippen LogP contribution in [0.3, 0.4) is 0 Å². The van der Waals surface area contributed by atoms with Crippen LogP contribution < -0.4 is 10.5 Å². The normalized spacial score (nSPS) is 16.2. The molecule has 0 aliphatic carbocycles. The molecule has 0 atom stereocenters. The van der Waals surface area contributed by atoms with Gasteiger partial charge in [0.05, 0.1) is 26.1 Å². The van der Waals surface area contributed by atoms with Crippen LogP contribution in [-0.2, 0) is 17.8 Å². The van der Waals surface area contributed by atoms with Crippen molar-refractivity contribution in [3.63, 3.8) is 0 Å². The number of anilines is 1. The predicted molar refractivity (Wildman–Crippen MR) is 135 cm³/mol. The van der Waals surface area contributed by atoms with E-state index in [9.17, 15) is 14.7 Å². The molecule has 2 amide bonds. The molecule has 3 aromatic rings. The molecular formula is C27H27N5O4. The van der Waals surface area contributed by atoms with Gasteiger partial charge in [0.1, 0.15) is 5.69 Å². The van der Waals surface area contributed by atoms with E-state index in [0.717, 1.165) is 49.7 Å². The maximum absolute atomic E-state index is 12.9. The lowest BCUT2D eigenvalue weighted by Crippen LogP contribution is -2.35. The lowest BCUT2D eigenvalue weighted by molar-refractivity contribution is 0.0342. The number of aromatic hydroxyl groups is 1. The van der Waals surface area contributed by atoms with Gasteiger partial charge in [0.25, 0.3) is 5.56 Å². The van der Waals surface area contributed by atoms with Gasteiger partial charge < -0.3 is 19.7 Å². The Morgan fingerprint density at radius 1 is 0.889 bits per heavy atom. The summed E-state index contributed by atoms with van der Waals surface area (Å²) >= 11 is 0. The van der Waals surface area contributed by atoms with Gasteiger partial charge in [0, 0.05) is 49.5 Å². The van der Waals surface area contributed by atoms with Gasteiger partial charge in [0.2, 0.25) is 5.75 Å². The van der Waals surface area contributed by atoms with E-state index in [1.807, 2.05) is 36.4 Å². The van der Waals surface area contributed by atoms with Crippen molar-refractivity contribution in [2.24, 2.45) is 0 Å². The molecule has 0 radical (unpaired) electrons. The molecule has 184 valence electrons. The molecule has 2 aromatic carbocycles. The van der Waals surface area contributed by atoms with Crippen molar-refractivity contribution >= 4 is 11.7 Å². The number of morpholine rings is 1. The van der Waals surface area contributed by atoms with E-state index in [0.29, 0.717) is 13.1 Å². The van der Waals surface area contributed by atoms with Crippen LogP contribution in [0.1, 0.15) is 22.4 Å². The molecule has 0 saturated carbocycles. The molecule has 36 heavy (non-hydrogen) atoms. The van der Waals surface area contributed by atoms with E-state index in [1.54, 1.807) is 9.80 Å². The van der Waals surface area contributed by atoms with Gasteiger partial charge in [-0.2, -0.15) is 0 Å². The summed E-state index contributed by atoms with van der Waals surface area (Å²) < 4.78 is 5.40. The van der Waals surface area contributed by atoms with Crippen molar-refractivity contribution in [2.75, 3.05) is 44.3 Å². The van der Waals surface area contributed by atoms with Crippen LogP contribution in [0, 0.1) is 11.8 Å². The average Bonchev–Trinajstić information content (AvgIpc) is 3.27. The first-order valence-corrected chi connectivity index (χ1v) is 11.9. The summed E-state index contributed by atoms with van der Waals surface area (Å²) in [5.41, 5.74) is 3.40. The molecule has 2 saturated heterocycles. The minimum Gasteiger partial charge on any atom is -0.502 e. The number of aromatic nitrogens is 2. The summed E-state index contributed by atoms with van der Waals surface area (Å²) in [5, 5.41) is 9.89. The molecule has 0 unspecified atom stereocenters. The Morgan fingerprint density at radius 3 is 2.25 bits per heavy atom. The Labute approximate surface area is 208 Å². The van der Waals surface area contributed by atoms with E-state index in [4.69, 9.17) is 4.74 Å². The zero-order valence-electron chi connectivity index (χ0n) is 19.8. The molecule has 2 N–H and O–H groups in total. The molecule has 2 aliphatic heterocycles. The first-order valence-electron chi connectivity index (χ1n) is 11.9. The molecule has 5 rings (SSSR count). The fourth-order valence-electron chi connectivity index (χ4n) is 4.27. The van der Waals surface area contributed by atoms with Crippen LogP contribution >= 0.6 is 0 Å². The number of nitrogens with zero attached hydrogens (tertiary/aromatic N) is 4. The van der Waals surface area contributed by atoms with E-state index < -0.39 is 11.3 Å². The van der Waals surface area contributed by atoms with E-state index >= 15 is 0 Å². The lowest BCUT2D eigenvalue weighted by atomic mass is 10.1. The van der Waals surface area contributed by atoms with Gasteiger partial charge in [-0.25, -0.2) is 9.78 Å². The quantitative estimate of drug-likeness (QED) is 0.537. The van der Waals surface area contributed by atoms with Crippen LogP contribution in [0.2, 0.25) is 0 Å². The summed E-state index contributed by atoms with van der Waals surface area (Å²) in [6.07, 6.45) is 1.22. The number of H-pyrrole nitrogens is 1. The number of aromatic amines is 1. The number of ether oxygens (including phenoxy) is 1. The zero-order valence-corrected chi connectivity index (χ0v) is 19.8. The third-order valence-electron chi connectivity index (χ3n) is 6.33. The minimum absolute atomic E-state index is 0.0693. The van der Waals surface area contributed by atoms with Crippen LogP contribution in [0.15, 0.2) is 59.7 Å². The molecule has 1 aromatic heterocycles. The number of amides is 2. The summed E-state index contributed by atoms with van der Waals surface area (Å²) in [6, 6.07) is 15.7. The van der Waals surface area contributed by atoms with Crippen LogP contribution in [0.5, 0.6) is 5.75 Å².